The van der Waals surface area contributed by atoms with Crippen molar-refractivity contribution in [3.05, 3.63) is 23.8 Å². The number of aromatic nitrogens is 2. The lowest BCUT2D eigenvalue weighted by atomic mass is 10.2. The van der Waals surface area contributed by atoms with Crippen molar-refractivity contribution in [2.45, 2.75) is 13.0 Å². The topological polar surface area (TPSA) is 93.9 Å². The van der Waals surface area contributed by atoms with Gasteiger partial charge in [0.15, 0.2) is 0 Å². The molecule has 0 saturated carbocycles. The highest BCUT2D eigenvalue weighted by molar-refractivity contribution is 5.80. The predicted octanol–water partition coefficient (Wildman–Crippen LogP) is 1.05. The molecule has 0 saturated heterocycles. The number of hydrogen-bond donors (Lipinski definition) is 1. The molecule has 1 aromatic heterocycles. The zero-order valence-electron chi connectivity index (χ0n) is 9.88. The third-order valence-electron chi connectivity index (χ3n) is 2.67. The van der Waals surface area contributed by atoms with Crippen molar-refractivity contribution in [2.75, 3.05) is 12.8 Å². The summed E-state index contributed by atoms with van der Waals surface area (Å²) in [6.07, 6.45) is 0.228. The molecule has 1 heterocycles. The molecule has 0 aliphatic rings. The van der Waals surface area contributed by atoms with Gasteiger partial charge in [0.1, 0.15) is 0 Å². The second-order valence-electron chi connectivity index (χ2n) is 3.76. The summed E-state index contributed by atoms with van der Waals surface area (Å²) in [5, 5.41) is 8.80. The van der Waals surface area contributed by atoms with Crippen LogP contribution in [0.25, 0.3) is 11.0 Å². The lowest BCUT2D eigenvalue weighted by molar-refractivity contribution is -0.140. The molecular formula is C12H12N4O2. The van der Waals surface area contributed by atoms with Crippen LogP contribution in [0.5, 0.6) is 0 Å². The maximum absolute atomic E-state index is 11.1. The summed E-state index contributed by atoms with van der Waals surface area (Å²) in [5.74, 6) is 0.0221. The van der Waals surface area contributed by atoms with Crippen LogP contribution in [0.1, 0.15) is 12.0 Å². The Balaban J connectivity index is 2.36. The number of nitrogen functional groups attached to an aromatic ring is 1. The Kier molecular flexibility index (Phi) is 3.15. The third kappa shape index (κ3) is 2.11. The number of carbonyl (C=O) groups excluding carboxylic acids is 1. The van der Waals surface area contributed by atoms with Gasteiger partial charge in [0.2, 0.25) is 5.95 Å². The summed E-state index contributed by atoms with van der Waals surface area (Å²) in [5.41, 5.74) is 7.77. The molecule has 0 aliphatic carbocycles. The number of rotatable bonds is 3. The minimum Gasteiger partial charge on any atom is -0.469 e. The van der Waals surface area contributed by atoms with Crippen molar-refractivity contribution in [3.8, 4) is 6.07 Å². The second kappa shape index (κ2) is 4.75. The summed E-state index contributed by atoms with van der Waals surface area (Å²) in [6, 6.07) is 7.17. The molecule has 0 fully saturated rings. The first kappa shape index (κ1) is 11.9. The van der Waals surface area contributed by atoms with Crippen LogP contribution in [0.4, 0.5) is 5.95 Å². The number of methoxy groups -OCH3 is 1. The van der Waals surface area contributed by atoms with Crippen molar-refractivity contribution in [1.29, 1.82) is 5.26 Å². The molecule has 18 heavy (non-hydrogen) atoms. The average Bonchev–Trinajstić information content (AvgIpc) is 2.70. The number of benzene rings is 1. The van der Waals surface area contributed by atoms with Crippen LogP contribution in [0.2, 0.25) is 0 Å². The standard InChI is InChI=1S/C12H12N4O2/c1-18-11(17)4-5-16-10-3-2-8(7-13)6-9(10)15-12(16)14/h2-3,6H,4-5H2,1H3,(H2,14,15). The van der Waals surface area contributed by atoms with E-state index in [0.29, 0.717) is 23.6 Å². The molecule has 0 aliphatic heterocycles. The zero-order valence-corrected chi connectivity index (χ0v) is 9.88. The summed E-state index contributed by atoms with van der Waals surface area (Å²) >= 11 is 0. The maximum atomic E-state index is 11.1. The van der Waals surface area contributed by atoms with E-state index in [-0.39, 0.29) is 12.4 Å². The van der Waals surface area contributed by atoms with Crippen LogP contribution >= 0.6 is 0 Å². The van der Waals surface area contributed by atoms with E-state index in [9.17, 15) is 4.79 Å². The maximum Gasteiger partial charge on any atom is 0.307 e. The fourth-order valence-electron chi connectivity index (χ4n) is 1.76. The van der Waals surface area contributed by atoms with E-state index >= 15 is 0 Å². The number of ether oxygens (including phenoxy) is 1. The number of hydrogen-bond acceptors (Lipinski definition) is 5. The first-order chi connectivity index (χ1) is 8.65. The van der Waals surface area contributed by atoms with Gasteiger partial charge in [-0.3, -0.25) is 4.79 Å². The molecule has 2 rings (SSSR count). The van der Waals surface area contributed by atoms with Gasteiger partial charge in [0.25, 0.3) is 0 Å². The number of esters is 1. The molecule has 0 bridgehead atoms. The molecule has 0 atom stereocenters. The molecule has 0 radical (unpaired) electrons. The van der Waals surface area contributed by atoms with Gasteiger partial charge in [-0.25, -0.2) is 4.98 Å². The van der Waals surface area contributed by atoms with Crippen LogP contribution < -0.4 is 5.73 Å². The minimum absolute atomic E-state index is 0.228. The smallest absolute Gasteiger partial charge is 0.307 e. The Morgan fingerprint density at radius 3 is 3.06 bits per heavy atom. The average molecular weight is 244 g/mol. The molecule has 1 aromatic carbocycles. The largest absolute Gasteiger partial charge is 0.469 e. The third-order valence-corrected chi connectivity index (χ3v) is 2.67. The summed E-state index contributed by atoms with van der Waals surface area (Å²) in [4.78, 5) is 15.3. The second-order valence-corrected chi connectivity index (χ2v) is 3.76. The highest BCUT2D eigenvalue weighted by Gasteiger charge is 2.10. The molecule has 2 N–H and O–H groups in total. The predicted molar refractivity (Wildman–Crippen MR) is 65.5 cm³/mol. The summed E-state index contributed by atoms with van der Waals surface area (Å²) < 4.78 is 6.31. The highest BCUT2D eigenvalue weighted by Crippen LogP contribution is 2.19. The number of aryl methyl sites for hydroxylation is 1. The number of carbonyl (C=O) groups is 1. The van der Waals surface area contributed by atoms with Crippen LogP contribution in [0, 0.1) is 11.3 Å². The number of anilines is 1. The van der Waals surface area contributed by atoms with E-state index in [1.54, 1.807) is 22.8 Å². The van der Waals surface area contributed by atoms with Crippen molar-refractivity contribution in [1.82, 2.24) is 9.55 Å². The van der Waals surface area contributed by atoms with E-state index in [1.165, 1.54) is 7.11 Å². The Hall–Kier alpha value is -2.55. The summed E-state index contributed by atoms with van der Waals surface area (Å²) in [6.45, 7) is 0.404. The first-order valence-electron chi connectivity index (χ1n) is 5.38. The van der Waals surface area contributed by atoms with E-state index in [4.69, 9.17) is 11.0 Å². The quantitative estimate of drug-likeness (QED) is 0.814. The first-order valence-corrected chi connectivity index (χ1v) is 5.38. The van der Waals surface area contributed by atoms with Gasteiger partial charge in [-0.15, -0.1) is 0 Å². The molecular weight excluding hydrogens is 232 g/mol. The van der Waals surface area contributed by atoms with Crippen LogP contribution in [0.3, 0.4) is 0 Å². The number of fused-ring (bicyclic) bond motifs is 1. The van der Waals surface area contributed by atoms with Gasteiger partial charge in [0, 0.05) is 6.54 Å². The molecule has 2 aromatic rings. The van der Waals surface area contributed by atoms with Gasteiger partial charge in [-0.05, 0) is 18.2 Å². The van der Waals surface area contributed by atoms with E-state index in [1.807, 2.05) is 6.07 Å². The van der Waals surface area contributed by atoms with Crippen molar-refractivity contribution >= 4 is 23.0 Å². The fourth-order valence-corrected chi connectivity index (χ4v) is 1.76. The van der Waals surface area contributed by atoms with Crippen LogP contribution in [0.15, 0.2) is 18.2 Å². The van der Waals surface area contributed by atoms with Gasteiger partial charge >= 0.3 is 5.97 Å². The van der Waals surface area contributed by atoms with Crippen LogP contribution in [-0.2, 0) is 16.1 Å². The van der Waals surface area contributed by atoms with Gasteiger partial charge in [-0.2, -0.15) is 5.26 Å². The number of nitriles is 1. The minimum atomic E-state index is -0.301. The van der Waals surface area contributed by atoms with E-state index < -0.39 is 0 Å². The van der Waals surface area contributed by atoms with Crippen LogP contribution in [-0.4, -0.2) is 22.6 Å². The fraction of sp³-hybridized carbons (Fsp3) is 0.250. The lowest BCUT2D eigenvalue weighted by Gasteiger charge is -2.05. The number of nitrogens with zero attached hydrogens (tertiary/aromatic N) is 3. The Morgan fingerprint density at radius 2 is 2.39 bits per heavy atom. The van der Waals surface area contributed by atoms with Crippen molar-refractivity contribution in [3.63, 3.8) is 0 Å². The molecule has 6 heteroatoms. The zero-order chi connectivity index (χ0) is 13.1. The highest BCUT2D eigenvalue weighted by atomic mass is 16.5. The van der Waals surface area contributed by atoms with Crippen molar-refractivity contribution < 1.29 is 9.53 Å². The van der Waals surface area contributed by atoms with E-state index in [0.717, 1.165) is 5.52 Å². The Bertz CT molecular complexity index is 639. The lowest BCUT2D eigenvalue weighted by Crippen LogP contribution is -2.09. The van der Waals surface area contributed by atoms with Gasteiger partial charge in [-0.1, -0.05) is 0 Å². The molecule has 0 amide bonds. The Morgan fingerprint density at radius 1 is 1.61 bits per heavy atom. The van der Waals surface area contributed by atoms with Gasteiger partial charge in [0.05, 0.1) is 36.2 Å². The van der Waals surface area contributed by atoms with E-state index in [2.05, 4.69) is 9.72 Å². The Labute approximate surface area is 104 Å². The normalized spacial score (nSPS) is 10.2. The number of imidazole rings is 1. The molecule has 0 spiro atoms. The molecule has 92 valence electrons. The monoisotopic (exact) mass is 244 g/mol. The molecule has 6 nitrogen and oxygen atoms in total. The van der Waals surface area contributed by atoms with Gasteiger partial charge < -0.3 is 15.0 Å². The number of nitrogens with two attached hydrogens (primary N) is 1. The molecule has 0 unspecified atom stereocenters. The SMILES string of the molecule is COC(=O)CCn1c(N)nc2cc(C#N)ccc21. The summed E-state index contributed by atoms with van der Waals surface area (Å²) in [7, 11) is 1.34. The van der Waals surface area contributed by atoms with Crippen molar-refractivity contribution in [2.24, 2.45) is 0 Å².